The van der Waals surface area contributed by atoms with Gasteiger partial charge in [-0.2, -0.15) is 0 Å². The Kier molecular flexibility index (Phi) is 5.61. The summed E-state index contributed by atoms with van der Waals surface area (Å²) in [5.74, 6) is 1.86. The van der Waals surface area contributed by atoms with Crippen molar-refractivity contribution in [3.63, 3.8) is 0 Å². The van der Waals surface area contributed by atoms with Crippen LogP contribution in [0.15, 0.2) is 53.1 Å². The topological polar surface area (TPSA) is 82.8 Å². The molecule has 7 heteroatoms. The quantitative estimate of drug-likeness (QED) is 0.689. The third-order valence-electron chi connectivity index (χ3n) is 4.03. The van der Waals surface area contributed by atoms with Crippen LogP contribution in [-0.4, -0.2) is 32.4 Å². The number of ether oxygens (including phenoxy) is 3. The molecule has 0 bridgehead atoms. The van der Waals surface area contributed by atoms with Gasteiger partial charge in [0.05, 0.1) is 21.3 Å². The van der Waals surface area contributed by atoms with Gasteiger partial charge >= 0.3 is 0 Å². The monoisotopic (exact) mass is 368 g/mol. The van der Waals surface area contributed by atoms with Gasteiger partial charge in [-0.05, 0) is 6.07 Å². The van der Waals surface area contributed by atoms with E-state index < -0.39 is 0 Å². The second-order valence-corrected chi connectivity index (χ2v) is 5.64. The summed E-state index contributed by atoms with van der Waals surface area (Å²) >= 11 is 0. The van der Waals surface area contributed by atoms with Crippen molar-refractivity contribution >= 4 is 5.91 Å². The normalized spacial score (nSPS) is 10.3. The van der Waals surface area contributed by atoms with Crippen LogP contribution in [-0.2, 0) is 6.54 Å². The molecule has 0 spiro atoms. The maximum atomic E-state index is 12.4. The number of carbonyl (C=O) groups is 1. The fourth-order valence-corrected chi connectivity index (χ4v) is 2.62. The third kappa shape index (κ3) is 4.03. The Morgan fingerprint density at radius 2 is 1.63 bits per heavy atom. The van der Waals surface area contributed by atoms with E-state index >= 15 is 0 Å². The summed E-state index contributed by atoms with van der Waals surface area (Å²) in [7, 11) is 4.65. The number of rotatable bonds is 7. The molecule has 3 rings (SSSR count). The van der Waals surface area contributed by atoms with E-state index in [0.717, 1.165) is 11.1 Å². The zero-order chi connectivity index (χ0) is 19.2. The largest absolute Gasteiger partial charge is 0.496 e. The summed E-state index contributed by atoms with van der Waals surface area (Å²) < 4.78 is 21.2. The summed E-state index contributed by atoms with van der Waals surface area (Å²) in [5, 5.41) is 6.65. The molecule has 1 aromatic heterocycles. The molecule has 140 valence electrons. The predicted molar refractivity (Wildman–Crippen MR) is 99.2 cm³/mol. The minimum atomic E-state index is -0.349. The lowest BCUT2D eigenvalue weighted by molar-refractivity contribution is 0.0941. The highest BCUT2D eigenvalue weighted by molar-refractivity contribution is 5.93. The number of benzene rings is 2. The molecule has 27 heavy (non-hydrogen) atoms. The van der Waals surface area contributed by atoms with Crippen LogP contribution in [0.4, 0.5) is 0 Å². The lowest BCUT2D eigenvalue weighted by Gasteiger charge is -2.14. The van der Waals surface area contributed by atoms with Crippen molar-refractivity contribution in [1.29, 1.82) is 0 Å². The van der Waals surface area contributed by atoms with Crippen LogP contribution in [0.2, 0.25) is 0 Å². The van der Waals surface area contributed by atoms with Crippen molar-refractivity contribution in [3.05, 3.63) is 59.8 Å². The summed E-state index contributed by atoms with van der Waals surface area (Å²) in [6, 6.07) is 14.5. The summed E-state index contributed by atoms with van der Waals surface area (Å²) in [5.41, 5.74) is 1.80. The van der Waals surface area contributed by atoms with Crippen LogP contribution in [0.1, 0.15) is 16.1 Å². The van der Waals surface area contributed by atoms with Crippen LogP contribution in [0.5, 0.6) is 17.2 Å². The molecule has 0 saturated carbocycles. The predicted octanol–water partition coefficient (Wildman–Crippen LogP) is 3.30. The first-order valence-corrected chi connectivity index (χ1v) is 8.25. The number of methoxy groups -OCH3 is 3. The number of nitrogens with one attached hydrogen (secondary N) is 1. The van der Waals surface area contributed by atoms with Crippen molar-refractivity contribution in [2.24, 2.45) is 0 Å². The maximum Gasteiger partial charge on any atom is 0.273 e. The van der Waals surface area contributed by atoms with Gasteiger partial charge < -0.3 is 24.1 Å². The molecule has 1 amide bonds. The van der Waals surface area contributed by atoms with E-state index in [1.165, 1.54) is 0 Å². The average Bonchev–Trinajstić information content (AvgIpc) is 3.22. The van der Waals surface area contributed by atoms with Crippen molar-refractivity contribution in [2.45, 2.75) is 6.54 Å². The third-order valence-corrected chi connectivity index (χ3v) is 4.03. The van der Waals surface area contributed by atoms with E-state index in [4.69, 9.17) is 18.7 Å². The molecule has 2 aromatic carbocycles. The Balaban J connectivity index is 1.73. The molecule has 0 saturated heterocycles. The minimum Gasteiger partial charge on any atom is -0.496 e. The van der Waals surface area contributed by atoms with Crippen molar-refractivity contribution < 1.29 is 23.5 Å². The second kappa shape index (κ2) is 8.27. The molecule has 0 fully saturated rings. The zero-order valence-electron chi connectivity index (χ0n) is 15.3. The van der Waals surface area contributed by atoms with Crippen LogP contribution >= 0.6 is 0 Å². The number of amides is 1. The second-order valence-electron chi connectivity index (χ2n) is 5.64. The van der Waals surface area contributed by atoms with E-state index in [1.54, 1.807) is 39.5 Å². The van der Waals surface area contributed by atoms with E-state index in [9.17, 15) is 4.79 Å². The van der Waals surface area contributed by atoms with Gasteiger partial charge in [0, 0.05) is 29.8 Å². The van der Waals surface area contributed by atoms with Crippen LogP contribution in [0.3, 0.4) is 0 Å². The number of hydrogen-bond donors (Lipinski definition) is 1. The first-order chi connectivity index (χ1) is 13.2. The molecular weight excluding hydrogens is 348 g/mol. The number of nitrogens with zero attached hydrogens (tertiary/aromatic N) is 1. The van der Waals surface area contributed by atoms with Crippen LogP contribution < -0.4 is 19.5 Å². The highest BCUT2D eigenvalue weighted by atomic mass is 16.5. The highest BCUT2D eigenvalue weighted by Gasteiger charge is 2.16. The Morgan fingerprint density at radius 1 is 0.963 bits per heavy atom. The van der Waals surface area contributed by atoms with Gasteiger partial charge in [0.2, 0.25) is 0 Å². The summed E-state index contributed by atoms with van der Waals surface area (Å²) in [6.07, 6.45) is 0. The number of carbonyl (C=O) groups excluding carboxylic acids is 1. The van der Waals surface area contributed by atoms with Crippen molar-refractivity contribution in [3.8, 4) is 28.6 Å². The van der Waals surface area contributed by atoms with Crippen molar-refractivity contribution in [1.82, 2.24) is 10.5 Å². The summed E-state index contributed by atoms with van der Waals surface area (Å²) in [4.78, 5) is 12.4. The Labute approximate surface area is 156 Å². The van der Waals surface area contributed by atoms with Gasteiger partial charge in [-0.1, -0.05) is 35.5 Å². The molecule has 1 heterocycles. The van der Waals surface area contributed by atoms with Gasteiger partial charge in [0.15, 0.2) is 23.0 Å². The van der Waals surface area contributed by atoms with Gasteiger partial charge in [0.25, 0.3) is 5.91 Å². The Hall–Kier alpha value is -3.48. The zero-order valence-corrected chi connectivity index (χ0v) is 15.3. The average molecular weight is 368 g/mol. The van der Waals surface area contributed by atoms with Crippen molar-refractivity contribution in [2.75, 3.05) is 21.3 Å². The van der Waals surface area contributed by atoms with Gasteiger partial charge in [-0.25, -0.2) is 0 Å². The lowest BCUT2D eigenvalue weighted by Crippen LogP contribution is -2.23. The lowest BCUT2D eigenvalue weighted by atomic mass is 10.1. The standard InChI is InChI=1S/C20H20N2O5/c1-24-16-11-19(26-3)18(25-2)9-14(16)12-21-20(23)15-10-17(27-22-15)13-7-5-4-6-8-13/h4-11H,12H2,1-3H3,(H,21,23). The molecule has 0 unspecified atom stereocenters. The summed E-state index contributed by atoms with van der Waals surface area (Å²) in [6.45, 7) is 0.232. The van der Waals surface area contributed by atoms with Crippen LogP contribution in [0, 0.1) is 0 Å². The maximum absolute atomic E-state index is 12.4. The number of hydrogen-bond acceptors (Lipinski definition) is 6. The first-order valence-electron chi connectivity index (χ1n) is 8.25. The van der Waals surface area contributed by atoms with Gasteiger partial charge in [-0.15, -0.1) is 0 Å². The van der Waals surface area contributed by atoms with E-state index in [1.807, 2.05) is 30.3 Å². The molecule has 0 aliphatic carbocycles. The number of aromatic nitrogens is 1. The van der Waals surface area contributed by atoms with E-state index in [0.29, 0.717) is 23.0 Å². The fourth-order valence-electron chi connectivity index (χ4n) is 2.62. The molecule has 0 radical (unpaired) electrons. The first kappa shape index (κ1) is 18.3. The molecule has 0 aliphatic rings. The van der Waals surface area contributed by atoms with E-state index in [-0.39, 0.29) is 18.1 Å². The molecule has 0 aliphatic heterocycles. The SMILES string of the molecule is COc1cc(OC)c(OC)cc1CNC(=O)c1cc(-c2ccccc2)on1. The Bertz CT molecular complexity index is 921. The molecule has 0 atom stereocenters. The fraction of sp³-hybridized carbons (Fsp3) is 0.200. The molecule has 3 aromatic rings. The Morgan fingerprint density at radius 3 is 2.30 bits per heavy atom. The van der Waals surface area contributed by atoms with Gasteiger partial charge in [-0.3, -0.25) is 4.79 Å². The minimum absolute atomic E-state index is 0.202. The molecular formula is C20H20N2O5. The van der Waals surface area contributed by atoms with Crippen LogP contribution in [0.25, 0.3) is 11.3 Å². The molecule has 1 N–H and O–H groups in total. The van der Waals surface area contributed by atoms with Gasteiger partial charge in [0.1, 0.15) is 5.75 Å². The van der Waals surface area contributed by atoms with E-state index in [2.05, 4.69) is 10.5 Å². The molecule has 7 nitrogen and oxygen atoms in total. The highest BCUT2D eigenvalue weighted by Crippen LogP contribution is 2.34. The smallest absolute Gasteiger partial charge is 0.273 e.